The summed E-state index contributed by atoms with van der Waals surface area (Å²) in [5.74, 6) is 0.267. The van der Waals surface area contributed by atoms with E-state index in [1.54, 1.807) is 50.6 Å². The summed E-state index contributed by atoms with van der Waals surface area (Å²) in [6, 6.07) is 10.6. The van der Waals surface area contributed by atoms with Gasteiger partial charge in [0, 0.05) is 7.05 Å². The Hall–Kier alpha value is -2.24. The molecule has 1 unspecified atom stereocenters. The average molecular weight is 365 g/mol. The van der Waals surface area contributed by atoms with Gasteiger partial charge in [0.1, 0.15) is 11.8 Å². The molecule has 0 bridgehead atoms. The number of carbonyl (C=O) groups excluding carboxylic acids is 2. The van der Waals surface area contributed by atoms with E-state index in [1.165, 1.54) is 11.0 Å². The zero-order chi connectivity index (χ0) is 17.4. The number of anilines is 1. The smallest absolute Gasteiger partial charge is 0.332 e. The number of carbonyl (C=O) groups is 2. The molecule has 2 aromatic carbocycles. The highest BCUT2D eigenvalue weighted by atomic mass is 35.5. The van der Waals surface area contributed by atoms with Crippen LogP contribution in [0, 0.1) is 0 Å². The molecule has 0 N–H and O–H groups in total. The van der Waals surface area contributed by atoms with Gasteiger partial charge in [-0.05, 0) is 35.9 Å². The van der Waals surface area contributed by atoms with Crippen LogP contribution in [0.4, 0.5) is 10.5 Å². The summed E-state index contributed by atoms with van der Waals surface area (Å²) in [6.07, 6.45) is 0. The molecule has 3 amide bonds. The summed E-state index contributed by atoms with van der Waals surface area (Å²) in [4.78, 5) is 27.9. The molecular weight excluding hydrogens is 351 g/mol. The predicted molar refractivity (Wildman–Crippen MR) is 92.8 cm³/mol. The standard InChI is InChI=1S/C17H14Cl2N2O3/c1-20-15(10-4-3-5-12(8-10)24-2)16(22)21(17(20)23)11-6-7-13(18)14(19)9-11/h3-9,15H,1-2H3. The fraction of sp³-hybridized carbons (Fsp3) is 0.176. The Morgan fingerprint density at radius 1 is 1.04 bits per heavy atom. The molecule has 24 heavy (non-hydrogen) atoms. The van der Waals surface area contributed by atoms with Crippen LogP contribution >= 0.6 is 23.2 Å². The van der Waals surface area contributed by atoms with E-state index in [0.717, 1.165) is 4.90 Å². The molecule has 1 aliphatic heterocycles. The largest absolute Gasteiger partial charge is 0.497 e. The lowest BCUT2D eigenvalue weighted by Crippen LogP contribution is -2.31. The Labute approximate surface area is 149 Å². The Morgan fingerprint density at radius 2 is 1.79 bits per heavy atom. The quantitative estimate of drug-likeness (QED) is 0.768. The minimum atomic E-state index is -0.720. The molecule has 0 spiro atoms. The highest BCUT2D eigenvalue weighted by Gasteiger charge is 2.44. The summed E-state index contributed by atoms with van der Waals surface area (Å²) in [5, 5.41) is 0.638. The minimum absolute atomic E-state index is 0.280. The molecule has 3 rings (SSSR count). The van der Waals surface area contributed by atoms with E-state index in [4.69, 9.17) is 27.9 Å². The van der Waals surface area contributed by atoms with Gasteiger partial charge in [-0.1, -0.05) is 35.3 Å². The van der Waals surface area contributed by atoms with E-state index < -0.39 is 12.1 Å². The normalized spacial score (nSPS) is 17.6. The zero-order valence-electron chi connectivity index (χ0n) is 13.0. The van der Waals surface area contributed by atoms with Crippen molar-refractivity contribution >= 4 is 40.8 Å². The van der Waals surface area contributed by atoms with Gasteiger partial charge in [0.25, 0.3) is 5.91 Å². The van der Waals surface area contributed by atoms with E-state index in [2.05, 4.69) is 0 Å². The number of ether oxygens (including phenoxy) is 1. The fourth-order valence-corrected chi connectivity index (χ4v) is 2.98. The van der Waals surface area contributed by atoms with Gasteiger partial charge in [0.05, 0.1) is 22.8 Å². The number of urea groups is 1. The van der Waals surface area contributed by atoms with Gasteiger partial charge >= 0.3 is 6.03 Å². The highest BCUT2D eigenvalue weighted by molar-refractivity contribution is 6.42. The number of rotatable bonds is 3. The fourth-order valence-electron chi connectivity index (χ4n) is 2.69. The SMILES string of the molecule is COc1cccc(C2C(=O)N(c3ccc(Cl)c(Cl)c3)C(=O)N2C)c1. The van der Waals surface area contributed by atoms with Gasteiger partial charge in [-0.2, -0.15) is 0 Å². The van der Waals surface area contributed by atoms with Crippen molar-refractivity contribution in [2.75, 3.05) is 19.1 Å². The van der Waals surface area contributed by atoms with Crippen molar-refractivity contribution in [1.82, 2.24) is 4.90 Å². The highest BCUT2D eigenvalue weighted by Crippen LogP contribution is 2.36. The summed E-state index contributed by atoms with van der Waals surface area (Å²) in [7, 11) is 3.13. The second-order valence-corrected chi connectivity index (χ2v) is 6.16. The molecular formula is C17H14Cl2N2O3. The van der Waals surface area contributed by atoms with Crippen LogP contribution in [-0.2, 0) is 4.79 Å². The number of methoxy groups -OCH3 is 1. The van der Waals surface area contributed by atoms with E-state index in [1.807, 2.05) is 0 Å². The van der Waals surface area contributed by atoms with Gasteiger partial charge in [-0.25, -0.2) is 9.69 Å². The van der Waals surface area contributed by atoms with Crippen LogP contribution in [0.2, 0.25) is 10.0 Å². The summed E-state index contributed by atoms with van der Waals surface area (Å²) < 4.78 is 5.19. The van der Waals surface area contributed by atoms with Crippen LogP contribution in [0.3, 0.4) is 0 Å². The zero-order valence-corrected chi connectivity index (χ0v) is 14.5. The maximum absolute atomic E-state index is 12.9. The maximum Gasteiger partial charge on any atom is 0.332 e. The number of benzene rings is 2. The van der Waals surface area contributed by atoms with Crippen molar-refractivity contribution in [1.29, 1.82) is 0 Å². The number of nitrogens with zero attached hydrogens (tertiary/aromatic N) is 2. The molecule has 1 heterocycles. The third-order valence-corrected chi connectivity index (χ3v) is 4.64. The summed E-state index contributed by atoms with van der Waals surface area (Å²) >= 11 is 11.9. The Kier molecular flexibility index (Phi) is 4.39. The second-order valence-electron chi connectivity index (χ2n) is 5.34. The summed E-state index contributed by atoms with van der Waals surface area (Å²) in [6.45, 7) is 0. The van der Waals surface area contributed by atoms with Crippen LogP contribution < -0.4 is 9.64 Å². The molecule has 0 radical (unpaired) electrons. The monoisotopic (exact) mass is 364 g/mol. The number of amides is 3. The molecule has 1 saturated heterocycles. The number of halogens is 2. The van der Waals surface area contributed by atoms with Crippen molar-refractivity contribution in [3.8, 4) is 5.75 Å². The van der Waals surface area contributed by atoms with Crippen LogP contribution in [-0.4, -0.2) is 31.0 Å². The van der Waals surface area contributed by atoms with Crippen molar-refractivity contribution in [2.45, 2.75) is 6.04 Å². The first-order chi connectivity index (χ1) is 11.4. The summed E-state index contributed by atoms with van der Waals surface area (Å²) in [5.41, 5.74) is 1.06. The third kappa shape index (κ3) is 2.70. The predicted octanol–water partition coefficient (Wildman–Crippen LogP) is 4.14. The number of likely N-dealkylation sites (N-methyl/N-ethyl adjacent to an activating group) is 1. The number of imide groups is 1. The van der Waals surface area contributed by atoms with Gasteiger partial charge < -0.3 is 9.64 Å². The van der Waals surface area contributed by atoms with Gasteiger partial charge in [0.15, 0.2) is 0 Å². The van der Waals surface area contributed by atoms with Crippen LogP contribution in [0.1, 0.15) is 11.6 Å². The van der Waals surface area contributed by atoms with Crippen molar-refractivity contribution in [3.63, 3.8) is 0 Å². The maximum atomic E-state index is 12.9. The average Bonchev–Trinajstić information content (AvgIpc) is 2.80. The van der Waals surface area contributed by atoms with Crippen LogP contribution in [0.25, 0.3) is 0 Å². The first-order valence-corrected chi connectivity index (χ1v) is 7.89. The van der Waals surface area contributed by atoms with Gasteiger partial charge in [0.2, 0.25) is 0 Å². The van der Waals surface area contributed by atoms with Crippen molar-refractivity contribution in [2.24, 2.45) is 0 Å². The molecule has 0 aromatic heterocycles. The van der Waals surface area contributed by atoms with Gasteiger partial charge in [-0.15, -0.1) is 0 Å². The van der Waals surface area contributed by atoms with E-state index >= 15 is 0 Å². The topological polar surface area (TPSA) is 49.9 Å². The third-order valence-electron chi connectivity index (χ3n) is 3.91. The molecule has 5 nitrogen and oxygen atoms in total. The lowest BCUT2D eigenvalue weighted by Gasteiger charge is -2.16. The number of hydrogen-bond acceptors (Lipinski definition) is 3. The van der Waals surface area contributed by atoms with Crippen LogP contribution in [0.5, 0.6) is 5.75 Å². The molecule has 124 valence electrons. The Bertz CT molecular complexity index is 825. The number of hydrogen-bond donors (Lipinski definition) is 0. The van der Waals surface area contributed by atoms with Crippen LogP contribution in [0.15, 0.2) is 42.5 Å². The van der Waals surface area contributed by atoms with E-state index in [0.29, 0.717) is 22.0 Å². The molecule has 2 aromatic rings. The van der Waals surface area contributed by atoms with Crippen molar-refractivity contribution < 1.29 is 14.3 Å². The molecule has 7 heteroatoms. The molecule has 1 fully saturated rings. The van der Waals surface area contributed by atoms with E-state index in [9.17, 15) is 9.59 Å². The first kappa shape index (κ1) is 16.6. The van der Waals surface area contributed by atoms with Gasteiger partial charge in [-0.3, -0.25) is 4.79 Å². The Morgan fingerprint density at radius 3 is 2.46 bits per heavy atom. The lowest BCUT2D eigenvalue weighted by molar-refractivity contribution is -0.119. The minimum Gasteiger partial charge on any atom is -0.497 e. The molecule has 1 aliphatic rings. The molecule has 0 aliphatic carbocycles. The first-order valence-electron chi connectivity index (χ1n) is 7.14. The second kappa shape index (κ2) is 6.34. The Balaban J connectivity index is 2.01. The molecule has 1 atom stereocenters. The van der Waals surface area contributed by atoms with Crippen molar-refractivity contribution in [3.05, 3.63) is 58.1 Å². The lowest BCUT2D eigenvalue weighted by atomic mass is 10.1. The molecule has 0 saturated carbocycles. The van der Waals surface area contributed by atoms with E-state index in [-0.39, 0.29) is 10.9 Å².